The molecule has 0 fully saturated rings. The molecule has 8 heavy (non-hydrogen) atoms. The van der Waals surface area contributed by atoms with E-state index in [1.807, 2.05) is 9.47 Å². The molecule has 0 aliphatic heterocycles. The molecule has 0 bridgehead atoms. The van der Waals surface area contributed by atoms with Crippen LogP contribution in [-0.4, -0.2) is 17.2 Å². The summed E-state index contributed by atoms with van der Waals surface area (Å²) in [6.07, 6.45) is -0.549. The maximum absolute atomic E-state index is 10.2. The van der Waals surface area contributed by atoms with E-state index in [4.69, 9.17) is 5.11 Å². The lowest BCUT2D eigenvalue weighted by molar-refractivity contribution is -0.135. The van der Waals surface area contributed by atoms with Gasteiger partial charge in [0.05, 0.1) is 22.0 Å². The second-order valence-electron chi connectivity index (χ2n) is 1.54. The maximum Gasteiger partial charge on any atom is 0.310 e. The van der Waals surface area contributed by atoms with Crippen molar-refractivity contribution in [1.29, 1.82) is 0 Å². The monoisotopic (exact) mass is 136 g/mol. The molecule has 0 radical (unpaired) electrons. The number of aliphatic hydroxyl groups excluding tert-OH is 1. The molecule has 48 valence electrons. The SMILES string of the molecule is CC(O)CC(=O)OP. The van der Waals surface area contributed by atoms with E-state index >= 15 is 0 Å². The van der Waals surface area contributed by atoms with Gasteiger partial charge in [-0.15, -0.1) is 0 Å². The zero-order chi connectivity index (χ0) is 6.57. The molecule has 3 nitrogen and oxygen atoms in total. The summed E-state index contributed by atoms with van der Waals surface area (Å²) in [7, 11) is 1.82. The van der Waals surface area contributed by atoms with Gasteiger partial charge in [0, 0.05) is 0 Å². The Morgan fingerprint density at radius 3 is 2.62 bits per heavy atom. The molecule has 0 aromatic carbocycles. The summed E-state index contributed by atoms with van der Waals surface area (Å²) in [5.41, 5.74) is 0. The average molecular weight is 136 g/mol. The second-order valence-corrected chi connectivity index (χ2v) is 1.78. The molecule has 0 saturated carbocycles. The van der Waals surface area contributed by atoms with Gasteiger partial charge in [0.1, 0.15) is 0 Å². The van der Waals surface area contributed by atoms with Gasteiger partial charge in [0.25, 0.3) is 0 Å². The summed E-state index contributed by atoms with van der Waals surface area (Å²) in [5.74, 6) is -0.412. The lowest BCUT2D eigenvalue weighted by Crippen LogP contribution is -2.08. The zero-order valence-electron chi connectivity index (χ0n) is 4.63. The van der Waals surface area contributed by atoms with Crippen LogP contribution in [-0.2, 0) is 9.32 Å². The number of carbonyl (C=O) groups is 1. The normalized spacial score (nSPS) is 12.9. The summed E-state index contributed by atoms with van der Waals surface area (Å²) in [4.78, 5) is 10.2. The predicted molar refractivity (Wildman–Crippen MR) is 32.1 cm³/mol. The quantitative estimate of drug-likeness (QED) is 0.547. The molecular formula is C4H9O3P. The molecule has 0 aromatic rings. The van der Waals surface area contributed by atoms with Crippen molar-refractivity contribution in [3.63, 3.8) is 0 Å². The predicted octanol–water partition coefficient (Wildman–Crippen LogP) is 0.0906. The van der Waals surface area contributed by atoms with Crippen LogP contribution in [0, 0.1) is 0 Å². The van der Waals surface area contributed by atoms with Crippen LogP contribution < -0.4 is 0 Å². The highest BCUT2D eigenvalue weighted by molar-refractivity contribution is 7.10. The van der Waals surface area contributed by atoms with Crippen molar-refractivity contribution in [3.05, 3.63) is 0 Å². The Balaban J connectivity index is 3.25. The molecule has 2 atom stereocenters. The fourth-order valence-electron chi connectivity index (χ4n) is 0.289. The third-order valence-corrected chi connectivity index (χ3v) is 0.856. The summed E-state index contributed by atoms with van der Waals surface area (Å²) >= 11 is 0. The highest BCUT2D eigenvalue weighted by Gasteiger charge is 2.03. The maximum atomic E-state index is 10.2. The molecule has 0 saturated heterocycles. The van der Waals surface area contributed by atoms with Gasteiger partial charge in [0.2, 0.25) is 0 Å². The van der Waals surface area contributed by atoms with Crippen molar-refractivity contribution in [2.45, 2.75) is 19.4 Å². The lowest BCUT2D eigenvalue weighted by atomic mass is 10.3. The summed E-state index contributed by atoms with van der Waals surface area (Å²) in [6, 6.07) is 0. The van der Waals surface area contributed by atoms with Gasteiger partial charge < -0.3 is 9.63 Å². The van der Waals surface area contributed by atoms with E-state index in [0.717, 1.165) is 0 Å². The third kappa shape index (κ3) is 4.03. The summed E-state index contributed by atoms with van der Waals surface area (Å²) in [6.45, 7) is 1.53. The van der Waals surface area contributed by atoms with Crippen molar-refractivity contribution in [2.24, 2.45) is 0 Å². The van der Waals surface area contributed by atoms with Crippen molar-refractivity contribution >= 4 is 15.4 Å². The van der Waals surface area contributed by atoms with Crippen LogP contribution in [0.4, 0.5) is 0 Å². The van der Waals surface area contributed by atoms with E-state index < -0.39 is 12.1 Å². The topological polar surface area (TPSA) is 46.5 Å². The van der Waals surface area contributed by atoms with E-state index in [-0.39, 0.29) is 6.42 Å². The van der Waals surface area contributed by atoms with Crippen LogP contribution in [0.5, 0.6) is 0 Å². The third-order valence-electron chi connectivity index (χ3n) is 0.594. The Kier molecular flexibility index (Phi) is 3.75. The molecule has 0 aliphatic rings. The summed E-state index contributed by atoms with van der Waals surface area (Å²) in [5, 5.41) is 8.54. The molecular weight excluding hydrogens is 127 g/mol. The molecule has 4 heteroatoms. The molecule has 0 spiro atoms. The van der Waals surface area contributed by atoms with Gasteiger partial charge in [-0.25, -0.2) is 0 Å². The zero-order valence-corrected chi connectivity index (χ0v) is 5.78. The number of hydrogen-bond donors (Lipinski definition) is 1. The van der Waals surface area contributed by atoms with E-state index in [1.165, 1.54) is 6.92 Å². The molecule has 0 aliphatic carbocycles. The van der Waals surface area contributed by atoms with Gasteiger partial charge in [0.15, 0.2) is 0 Å². The smallest absolute Gasteiger partial charge is 0.310 e. The molecule has 0 rings (SSSR count). The first-order valence-corrected chi connectivity index (χ1v) is 2.71. The molecule has 0 heterocycles. The highest BCUT2D eigenvalue weighted by Crippen LogP contribution is 1.95. The molecule has 0 amide bonds. The number of carbonyl (C=O) groups excluding carboxylic acids is 1. The first-order valence-electron chi connectivity index (χ1n) is 2.24. The summed E-state index contributed by atoms with van der Waals surface area (Å²) < 4.78 is 4.18. The van der Waals surface area contributed by atoms with Crippen molar-refractivity contribution in [3.8, 4) is 0 Å². The lowest BCUT2D eigenvalue weighted by Gasteiger charge is -1.98. The number of hydrogen-bond acceptors (Lipinski definition) is 3. The van der Waals surface area contributed by atoms with Gasteiger partial charge in [-0.05, 0) is 6.92 Å². The Bertz CT molecular complexity index is 81.4. The second kappa shape index (κ2) is 3.81. The first-order chi connectivity index (χ1) is 3.66. The minimum atomic E-state index is -0.608. The standard InChI is InChI=1S/C4H9O3P/c1-3(5)2-4(6)7-8/h3,5H,2,8H2,1H3. The van der Waals surface area contributed by atoms with Crippen LogP contribution in [0.15, 0.2) is 0 Å². The Morgan fingerprint density at radius 2 is 2.50 bits per heavy atom. The molecule has 1 N–H and O–H groups in total. The van der Waals surface area contributed by atoms with E-state index in [9.17, 15) is 4.79 Å². The Morgan fingerprint density at radius 1 is 2.00 bits per heavy atom. The minimum Gasteiger partial charge on any atom is -0.451 e. The van der Waals surface area contributed by atoms with E-state index in [1.54, 1.807) is 0 Å². The number of aliphatic hydroxyl groups is 1. The van der Waals surface area contributed by atoms with Crippen molar-refractivity contribution < 1.29 is 14.4 Å². The van der Waals surface area contributed by atoms with Crippen LogP contribution in [0.1, 0.15) is 13.3 Å². The van der Waals surface area contributed by atoms with Gasteiger partial charge >= 0.3 is 5.97 Å². The van der Waals surface area contributed by atoms with Crippen LogP contribution in [0.3, 0.4) is 0 Å². The molecule has 0 aromatic heterocycles. The van der Waals surface area contributed by atoms with Gasteiger partial charge in [-0.2, -0.15) is 0 Å². The van der Waals surface area contributed by atoms with Crippen molar-refractivity contribution in [2.75, 3.05) is 0 Å². The van der Waals surface area contributed by atoms with Gasteiger partial charge in [-0.3, -0.25) is 4.79 Å². The minimum absolute atomic E-state index is 0.0590. The Hall–Kier alpha value is -0.140. The Labute approximate surface area is 50.3 Å². The van der Waals surface area contributed by atoms with Crippen LogP contribution in [0.25, 0.3) is 0 Å². The van der Waals surface area contributed by atoms with E-state index in [2.05, 4.69) is 4.52 Å². The first kappa shape index (κ1) is 7.86. The fourth-order valence-corrected chi connectivity index (χ4v) is 0.386. The van der Waals surface area contributed by atoms with Crippen LogP contribution in [0.2, 0.25) is 0 Å². The van der Waals surface area contributed by atoms with E-state index in [0.29, 0.717) is 0 Å². The van der Waals surface area contributed by atoms with Crippen LogP contribution >= 0.6 is 9.47 Å². The average Bonchev–Trinajstić information content (AvgIpc) is 1.65. The van der Waals surface area contributed by atoms with Gasteiger partial charge in [-0.1, -0.05) is 0 Å². The van der Waals surface area contributed by atoms with Crippen molar-refractivity contribution in [1.82, 2.24) is 0 Å². The number of rotatable bonds is 2. The molecule has 2 unspecified atom stereocenters. The fraction of sp³-hybridized carbons (Fsp3) is 0.750. The largest absolute Gasteiger partial charge is 0.451 e. The highest BCUT2D eigenvalue weighted by atomic mass is 31.0.